The van der Waals surface area contributed by atoms with Crippen molar-refractivity contribution >= 4 is 23.4 Å². The van der Waals surface area contributed by atoms with E-state index < -0.39 is 0 Å². The summed E-state index contributed by atoms with van der Waals surface area (Å²) in [4.78, 5) is 40.4. The molecule has 0 bridgehead atoms. The molecule has 1 aliphatic rings. The molecule has 27 heavy (non-hydrogen) atoms. The minimum atomic E-state index is -0.190. The maximum Gasteiger partial charge on any atom is 0.254 e. The first-order valence-electron chi connectivity index (χ1n) is 9.52. The van der Waals surface area contributed by atoms with Gasteiger partial charge in [-0.1, -0.05) is 19.9 Å². The number of benzene rings is 1. The lowest BCUT2D eigenvalue weighted by Crippen LogP contribution is -2.50. The minimum absolute atomic E-state index is 0.0216. The van der Waals surface area contributed by atoms with Crippen LogP contribution in [0.25, 0.3) is 0 Å². The number of nitrogens with one attached hydrogen (secondary N) is 2. The van der Waals surface area contributed by atoms with Crippen molar-refractivity contribution in [3.05, 3.63) is 29.8 Å². The van der Waals surface area contributed by atoms with Crippen molar-refractivity contribution in [2.24, 2.45) is 5.92 Å². The molecular weight excluding hydrogens is 344 g/mol. The van der Waals surface area contributed by atoms with Gasteiger partial charge in [-0.3, -0.25) is 14.4 Å². The zero-order valence-corrected chi connectivity index (χ0v) is 16.5. The van der Waals surface area contributed by atoms with Gasteiger partial charge in [0, 0.05) is 50.9 Å². The summed E-state index contributed by atoms with van der Waals surface area (Å²) in [6.07, 6.45) is 0.825. The molecule has 0 aliphatic carbocycles. The first-order chi connectivity index (χ1) is 12.9. The van der Waals surface area contributed by atoms with Crippen LogP contribution in [0.15, 0.2) is 24.3 Å². The van der Waals surface area contributed by atoms with E-state index in [2.05, 4.69) is 24.5 Å². The van der Waals surface area contributed by atoms with E-state index in [1.54, 1.807) is 34.1 Å². The monoisotopic (exact) mass is 374 g/mol. The second-order valence-electron chi connectivity index (χ2n) is 7.30. The van der Waals surface area contributed by atoms with Gasteiger partial charge in [-0.2, -0.15) is 0 Å². The van der Waals surface area contributed by atoms with E-state index in [1.165, 1.54) is 6.92 Å². The largest absolute Gasteiger partial charge is 0.339 e. The van der Waals surface area contributed by atoms with E-state index in [1.807, 2.05) is 0 Å². The van der Waals surface area contributed by atoms with E-state index in [-0.39, 0.29) is 24.3 Å². The van der Waals surface area contributed by atoms with Gasteiger partial charge in [-0.05, 0) is 30.5 Å². The summed E-state index contributed by atoms with van der Waals surface area (Å²) in [6, 6.07) is 6.84. The van der Waals surface area contributed by atoms with Crippen molar-refractivity contribution in [3.8, 4) is 0 Å². The number of rotatable bonds is 7. The number of hydrogen-bond donors (Lipinski definition) is 2. The third kappa shape index (κ3) is 6.67. The van der Waals surface area contributed by atoms with Crippen molar-refractivity contribution in [1.82, 2.24) is 15.1 Å². The topological polar surface area (TPSA) is 81.8 Å². The number of nitrogens with zero attached hydrogens (tertiary/aromatic N) is 2. The lowest BCUT2D eigenvalue weighted by molar-refractivity contribution is -0.132. The van der Waals surface area contributed by atoms with Crippen molar-refractivity contribution in [2.75, 3.05) is 44.6 Å². The molecule has 1 aliphatic heterocycles. The van der Waals surface area contributed by atoms with Crippen LogP contribution in [0.5, 0.6) is 0 Å². The molecule has 1 aromatic carbocycles. The Morgan fingerprint density at radius 1 is 1.22 bits per heavy atom. The summed E-state index contributed by atoms with van der Waals surface area (Å²) < 4.78 is 0. The summed E-state index contributed by atoms with van der Waals surface area (Å²) in [5.74, 6) is 0.0309. The second kappa shape index (κ2) is 10.1. The molecule has 0 spiro atoms. The Balaban J connectivity index is 2.12. The molecule has 3 amide bonds. The van der Waals surface area contributed by atoms with Gasteiger partial charge in [0.1, 0.15) is 6.54 Å². The second-order valence-corrected chi connectivity index (χ2v) is 7.30. The van der Waals surface area contributed by atoms with Gasteiger partial charge in [0.2, 0.25) is 11.8 Å². The van der Waals surface area contributed by atoms with E-state index in [0.717, 1.165) is 19.5 Å². The molecule has 7 heteroatoms. The molecule has 2 rings (SSSR count). The van der Waals surface area contributed by atoms with Crippen LogP contribution < -0.4 is 10.6 Å². The van der Waals surface area contributed by atoms with Gasteiger partial charge in [-0.15, -0.1) is 0 Å². The van der Waals surface area contributed by atoms with E-state index >= 15 is 0 Å². The van der Waals surface area contributed by atoms with Crippen molar-refractivity contribution in [3.63, 3.8) is 0 Å². The van der Waals surface area contributed by atoms with Crippen LogP contribution in [-0.2, 0) is 9.59 Å². The molecule has 148 valence electrons. The maximum atomic E-state index is 13.0. The van der Waals surface area contributed by atoms with Crippen molar-refractivity contribution < 1.29 is 14.4 Å². The Hall–Kier alpha value is -2.41. The number of carbonyl (C=O) groups excluding carboxylic acids is 3. The summed E-state index contributed by atoms with van der Waals surface area (Å²) in [7, 11) is 0. The van der Waals surface area contributed by atoms with E-state index in [0.29, 0.717) is 36.8 Å². The highest BCUT2D eigenvalue weighted by Gasteiger charge is 2.23. The van der Waals surface area contributed by atoms with Crippen LogP contribution in [0, 0.1) is 5.92 Å². The van der Waals surface area contributed by atoms with Gasteiger partial charge in [0.05, 0.1) is 0 Å². The van der Waals surface area contributed by atoms with Gasteiger partial charge in [0.15, 0.2) is 0 Å². The first kappa shape index (κ1) is 20.9. The Morgan fingerprint density at radius 2 is 1.93 bits per heavy atom. The van der Waals surface area contributed by atoms with Gasteiger partial charge in [0.25, 0.3) is 5.91 Å². The number of piperazine rings is 1. The number of amides is 3. The fourth-order valence-corrected chi connectivity index (χ4v) is 2.96. The quantitative estimate of drug-likeness (QED) is 0.759. The molecule has 1 heterocycles. The van der Waals surface area contributed by atoms with Gasteiger partial charge < -0.3 is 20.4 Å². The zero-order chi connectivity index (χ0) is 19.8. The molecule has 0 unspecified atom stereocenters. The molecule has 0 saturated carbocycles. The third-order valence-corrected chi connectivity index (χ3v) is 4.49. The molecule has 1 fully saturated rings. The summed E-state index contributed by atoms with van der Waals surface area (Å²) in [5.41, 5.74) is 1.05. The molecule has 0 aromatic heterocycles. The average Bonchev–Trinajstić information content (AvgIpc) is 2.64. The number of anilines is 1. The molecule has 1 aromatic rings. The molecule has 7 nitrogen and oxygen atoms in total. The van der Waals surface area contributed by atoms with E-state index in [9.17, 15) is 14.4 Å². The Labute approximate surface area is 161 Å². The predicted molar refractivity (Wildman–Crippen MR) is 106 cm³/mol. The molecular formula is C20H30N4O3. The molecule has 0 radical (unpaired) electrons. The Morgan fingerprint density at radius 3 is 2.56 bits per heavy atom. The SMILES string of the molecule is CC(=O)Nc1cccc(C(=O)N(CCC(C)C)CC(=O)N2CCNCC2)c1. The summed E-state index contributed by atoms with van der Waals surface area (Å²) in [6.45, 7) is 9.13. The highest BCUT2D eigenvalue weighted by Crippen LogP contribution is 2.14. The lowest BCUT2D eigenvalue weighted by atomic mass is 10.1. The van der Waals surface area contributed by atoms with Crippen molar-refractivity contribution in [2.45, 2.75) is 27.2 Å². The molecule has 2 N–H and O–H groups in total. The average molecular weight is 374 g/mol. The predicted octanol–water partition coefficient (Wildman–Crippen LogP) is 1.57. The van der Waals surface area contributed by atoms with Crippen molar-refractivity contribution in [1.29, 1.82) is 0 Å². The number of hydrogen-bond acceptors (Lipinski definition) is 4. The normalized spacial score (nSPS) is 14.1. The Kier molecular flexibility index (Phi) is 7.79. The molecule has 1 saturated heterocycles. The van der Waals surface area contributed by atoms with Crippen LogP contribution in [0.4, 0.5) is 5.69 Å². The zero-order valence-electron chi connectivity index (χ0n) is 16.5. The standard InChI is InChI=1S/C20H30N4O3/c1-15(2)7-10-24(14-19(26)23-11-8-21-9-12-23)20(27)17-5-4-6-18(13-17)22-16(3)25/h4-6,13,15,21H,7-12,14H2,1-3H3,(H,22,25). The summed E-state index contributed by atoms with van der Waals surface area (Å²) >= 11 is 0. The van der Waals surface area contributed by atoms with Crippen LogP contribution >= 0.6 is 0 Å². The van der Waals surface area contributed by atoms with Crippen LogP contribution in [-0.4, -0.2) is 66.8 Å². The smallest absolute Gasteiger partial charge is 0.254 e. The lowest BCUT2D eigenvalue weighted by Gasteiger charge is -2.31. The summed E-state index contributed by atoms with van der Waals surface area (Å²) in [5, 5.41) is 5.91. The van der Waals surface area contributed by atoms with Gasteiger partial charge >= 0.3 is 0 Å². The fraction of sp³-hybridized carbons (Fsp3) is 0.550. The van der Waals surface area contributed by atoms with Crippen LogP contribution in [0.3, 0.4) is 0 Å². The first-order valence-corrected chi connectivity index (χ1v) is 9.52. The van der Waals surface area contributed by atoms with Gasteiger partial charge in [-0.25, -0.2) is 0 Å². The molecule has 0 atom stereocenters. The third-order valence-electron chi connectivity index (χ3n) is 4.49. The number of carbonyl (C=O) groups is 3. The fourth-order valence-electron chi connectivity index (χ4n) is 2.96. The van der Waals surface area contributed by atoms with Crippen LogP contribution in [0.2, 0.25) is 0 Å². The van der Waals surface area contributed by atoms with Crippen LogP contribution in [0.1, 0.15) is 37.6 Å². The van der Waals surface area contributed by atoms with E-state index in [4.69, 9.17) is 0 Å². The Bertz CT molecular complexity index is 669. The highest BCUT2D eigenvalue weighted by atomic mass is 16.2. The highest BCUT2D eigenvalue weighted by molar-refractivity contribution is 5.98. The minimum Gasteiger partial charge on any atom is -0.339 e. The maximum absolute atomic E-state index is 13.0.